The fourth-order valence-electron chi connectivity index (χ4n) is 4.79. The third-order valence-electron chi connectivity index (χ3n) is 7.75. The molecule has 2 aliphatic heterocycles. The van der Waals surface area contributed by atoms with E-state index in [2.05, 4.69) is 50.4 Å². The molecule has 2 fully saturated rings. The first-order valence-electron chi connectivity index (χ1n) is 13.7. The third-order valence-corrected chi connectivity index (χ3v) is 7.75. The third kappa shape index (κ3) is 22.6. The van der Waals surface area contributed by atoms with Gasteiger partial charge >= 0.3 is 22.2 Å². The molecule has 0 spiro atoms. The van der Waals surface area contributed by atoms with Crippen LogP contribution in [0.3, 0.4) is 0 Å². The van der Waals surface area contributed by atoms with Crippen LogP contribution < -0.4 is 46.3 Å². The summed E-state index contributed by atoms with van der Waals surface area (Å²) >= 11 is 0. The number of hydrogen-bond donors (Lipinski definition) is 7. The fourth-order valence-corrected chi connectivity index (χ4v) is 4.79. The molecule has 11 N–H and O–H groups in total. The smallest absolute Gasteiger partial charge is 0.330 e. The van der Waals surface area contributed by atoms with Crippen LogP contribution in [0.25, 0.3) is 0 Å². The first-order chi connectivity index (χ1) is 17.2. The van der Waals surface area contributed by atoms with Crippen LogP contribution in [0.15, 0.2) is 0 Å². The van der Waals surface area contributed by atoms with E-state index in [1.807, 2.05) is 0 Å². The van der Waals surface area contributed by atoms with Crippen molar-refractivity contribution in [2.75, 3.05) is 32.7 Å². The molecule has 2 heterocycles. The average Bonchev–Trinajstić information content (AvgIpc) is 3.49. The lowest BCUT2D eigenvalue weighted by molar-refractivity contribution is -0.640. The lowest BCUT2D eigenvalue weighted by Crippen LogP contribution is -3.00. The van der Waals surface area contributed by atoms with Gasteiger partial charge in [0.05, 0.1) is 38.0 Å². The van der Waals surface area contributed by atoms with E-state index < -0.39 is 34.1 Å². The summed E-state index contributed by atoms with van der Waals surface area (Å²) in [5.74, 6) is 0.0356. The fraction of sp³-hybridized carbons (Fsp3) is 0.920. The molecule has 0 saturated carbocycles. The van der Waals surface area contributed by atoms with Gasteiger partial charge in [0.2, 0.25) is 0 Å². The average molecular weight is 628 g/mol. The second-order valence-electron chi connectivity index (χ2n) is 10.4. The van der Waals surface area contributed by atoms with Gasteiger partial charge < -0.3 is 51.4 Å². The van der Waals surface area contributed by atoms with Crippen molar-refractivity contribution in [2.24, 2.45) is 52.3 Å². The molecule has 2 aliphatic rings. The molecular weight excluding hydrogens is 571 g/mol. The Balaban J connectivity index is -0.000000235. The van der Waals surface area contributed by atoms with Gasteiger partial charge in [-0.25, -0.2) is 5.14 Å². The number of hydrogen-bond acceptors (Lipinski definition) is 5. The quantitative estimate of drug-likeness (QED) is 0.116. The van der Waals surface area contributed by atoms with E-state index in [0.29, 0.717) is 24.2 Å². The topological polar surface area (TPSA) is 214 Å². The van der Waals surface area contributed by atoms with Crippen LogP contribution in [0, 0.1) is 41.4 Å². The Kier molecular flexibility index (Phi) is 29.0. The molecule has 0 aromatic heterocycles. The molecule has 0 aromatic carbocycles. The Labute approximate surface area is 248 Å². The molecule has 0 aromatic rings. The monoisotopic (exact) mass is 626 g/mol. The van der Waals surface area contributed by atoms with Crippen LogP contribution in [0.1, 0.15) is 73.6 Å². The minimum atomic E-state index is -4.17. The van der Waals surface area contributed by atoms with Gasteiger partial charge in [0.25, 0.3) is 0 Å². The molecule has 0 radical (unpaired) electrons. The molecule has 14 heteroatoms. The van der Waals surface area contributed by atoms with Crippen molar-refractivity contribution >= 4 is 22.2 Å². The highest BCUT2D eigenvalue weighted by molar-refractivity contribution is 7.83. The van der Waals surface area contributed by atoms with Gasteiger partial charge in [-0.15, -0.1) is 0 Å². The SMILES string of the molecule is CCC(C)CN.CCC1C[NH2+]CC1CC.CCC1C[NH2+]CC1CC(C(=O)O)C(C)C(=O)O.NS(=O)(=O)O.[Cl-].[Cl-]. The van der Waals surface area contributed by atoms with Crippen LogP contribution in [0.2, 0.25) is 0 Å². The predicted octanol–water partition coefficient (Wildman–Crippen LogP) is -5.62. The molecule has 2 rings (SSSR count). The van der Waals surface area contributed by atoms with Gasteiger partial charge in [-0.2, -0.15) is 8.42 Å². The first kappa shape index (κ1) is 45.3. The number of halogens is 2. The zero-order valence-electron chi connectivity index (χ0n) is 24.6. The molecule has 7 atom stereocenters. The Bertz CT molecular complexity index is 713. The van der Waals surface area contributed by atoms with Crippen molar-refractivity contribution in [2.45, 2.75) is 73.6 Å². The maximum Gasteiger partial charge on any atom is 0.330 e. The number of quaternary nitrogens is 2. The van der Waals surface area contributed by atoms with Crippen LogP contribution in [-0.2, 0) is 19.9 Å². The van der Waals surface area contributed by atoms with Crippen molar-refractivity contribution in [3.8, 4) is 0 Å². The van der Waals surface area contributed by atoms with Crippen LogP contribution in [0.5, 0.6) is 0 Å². The summed E-state index contributed by atoms with van der Waals surface area (Å²) in [4.78, 5) is 22.1. The standard InChI is InChI=1S/C12H21NO4.C8H17N.C5H13N.2ClH.H3NO3S/c1-3-8-5-13-6-9(8)4-10(12(16)17)7(2)11(14)15;1-3-7-5-9-6-8(7)4-2;1-3-5(2)4-6;;;1-5(2,3)4/h7-10,13H,3-6H2,1-2H3,(H,14,15)(H,16,17);7-9H,3-6H2,1-2H3;5H,3-4,6H2,1-2H3;2*1H;(H3,1,2,3,4). The molecule has 0 amide bonds. The number of carboxylic acids is 2. The minimum absolute atomic E-state index is 0. The zero-order chi connectivity index (χ0) is 29.2. The Morgan fingerprint density at radius 3 is 1.38 bits per heavy atom. The highest BCUT2D eigenvalue weighted by Gasteiger charge is 2.37. The molecule has 11 nitrogen and oxygen atoms in total. The molecule has 7 unspecified atom stereocenters. The van der Waals surface area contributed by atoms with E-state index in [1.54, 1.807) is 0 Å². The van der Waals surface area contributed by atoms with Gasteiger partial charge in [0.15, 0.2) is 0 Å². The number of aliphatic carboxylic acids is 2. The number of nitrogens with two attached hydrogens (primary N) is 4. The van der Waals surface area contributed by atoms with E-state index in [1.165, 1.54) is 39.3 Å². The summed E-state index contributed by atoms with van der Waals surface area (Å²) in [5, 5.41) is 26.6. The van der Waals surface area contributed by atoms with Gasteiger partial charge in [0.1, 0.15) is 0 Å². The number of carboxylic acid groups (broad SMARTS) is 2. The second kappa shape index (κ2) is 25.0. The van der Waals surface area contributed by atoms with Crippen molar-refractivity contribution < 1.29 is 68.2 Å². The lowest BCUT2D eigenvalue weighted by Gasteiger charge is -2.21. The van der Waals surface area contributed by atoms with Gasteiger partial charge in [0, 0.05) is 23.7 Å². The van der Waals surface area contributed by atoms with E-state index in [4.69, 9.17) is 28.9 Å². The van der Waals surface area contributed by atoms with Crippen molar-refractivity contribution in [1.29, 1.82) is 0 Å². The summed E-state index contributed by atoms with van der Waals surface area (Å²) in [6.45, 7) is 18.1. The summed E-state index contributed by atoms with van der Waals surface area (Å²) in [6, 6.07) is 0. The first-order valence-corrected chi connectivity index (χ1v) is 15.2. The van der Waals surface area contributed by atoms with Crippen LogP contribution in [-0.4, -0.2) is 67.8 Å². The molecular formula is C25H56Cl2N4O7S. The van der Waals surface area contributed by atoms with Crippen LogP contribution >= 0.6 is 0 Å². The molecule has 39 heavy (non-hydrogen) atoms. The molecule has 238 valence electrons. The molecule has 0 bridgehead atoms. The van der Waals surface area contributed by atoms with Crippen molar-refractivity contribution in [3.63, 3.8) is 0 Å². The number of rotatable bonds is 10. The van der Waals surface area contributed by atoms with E-state index in [0.717, 1.165) is 37.9 Å². The van der Waals surface area contributed by atoms with Gasteiger partial charge in [-0.05, 0) is 38.1 Å². The lowest BCUT2D eigenvalue weighted by atomic mass is 9.80. The van der Waals surface area contributed by atoms with E-state index in [-0.39, 0.29) is 24.8 Å². The second-order valence-corrected chi connectivity index (χ2v) is 11.4. The van der Waals surface area contributed by atoms with Crippen molar-refractivity contribution in [1.82, 2.24) is 0 Å². The molecule has 2 saturated heterocycles. The van der Waals surface area contributed by atoms with Crippen molar-refractivity contribution in [3.05, 3.63) is 0 Å². The summed E-state index contributed by atoms with van der Waals surface area (Å²) in [7, 11) is -4.17. The van der Waals surface area contributed by atoms with Crippen LogP contribution in [0.4, 0.5) is 0 Å². The van der Waals surface area contributed by atoms with Gasteiger partial charge in [-0.1, -0.05) is 48.0 Å². The summed E-state index contributed by atoms with van der Waals surface area (Å²) in [5.41, 5.74) is 5.28. The summed E-state index contributed by atoms with van der Waals surface area (Å²) in [6.07, 6.45) is 5.49. The Morgan fingerprint density at radius 1 is 0.821 bits per heavy atom. The van der Waals surface area contributed by atoms with Gasteiger partial charge in [-0.3, -0.25) is 14.1 Å². The Morgan fingerprint density at radius 2 is 1.15 bits per heavy atom. The van der Waals surface area contributed by atoms with E-state index >= 15 is 0 Å². The number of carbonyl (C=O) groups is 2. The predicted molar refractivity (Wildman–Crippen MR) is 145 cm³/mol. The molecule has 0 aliphatic carbocycles. The highest BCUT2D eigenvalue weighted by atomic mass is 35.5. The maximum atomic E-state index is 11.2. The Hall–Kier alpha value is -0.730. The summed E-state index contributed by atoms with van der Waals surface area (Å²) < 4.78 is 25.2. The zero-order valence-corrected chi connectivity index (χ0v) is 26.9. The van der Waals surface area contributed by atoms with E-state index in [9.17, 15) is 9.59 Å². The largest absolute Gasteiger partial charge is 1.00 e. The highest BCUT2D eigenvalue weighted by Crippen LogP contribution is 2.28. The normalized spacial score (nSPS) is 23.9. The minimum Gasteiger partial charge on any atom is -1.00 e. The maximum absolute atomic E-state index is 11.2.